The van der Waals surface area contributed by atoms with E-state index in [4.69, 9.17) is 0 Å². The Morgan fingerprint density at radius 3 is 2.81 bits per heavy atom. The lowest BCUT2D eigenvalue weighted by Gasteiger charge is -2.27. The Morgan fingerprint density at radius 1 is 1.22 bits per heavy atom. The fourth-order valence-electron chi connectivity index (χ4n) is 3.13. The molecular weight excluding hydrogens is 360 g/mol. The van der Waals surface area contributed by atoms with Crippen LogP contribution in [0.15, 0.2) is 46.7 Å². The molecule has 1 aliphatic rings. The minimum Gasteiger partial charge on any atom is -0.305 e. The highest BCUT2D eigenvalue weighted by Gasteiger charge is 2.22. The van der Waals surface area contributed by atoms with Crippen LogP contribution in [0.2, 0.25) is 0 Å². The molecule has 1 N–H and O–H groups in total. The van der Waals surface area contributed by atoms with E-state index in [1.807, 2.05) is 30.6 Å². The van der Waals surface area contributed by atoms with Gasteiger partial charge in [0.05, 0.1) is 11.3 Å². The van der Waals surface area contributed by atoms with Crippen molar-refractivity contribution >= 4 is 11.8 Å². The molecule has 4 rings (SSSR count). The van der Waals surface area contributed by atoms with Gasteiger partial charge in [-0.2, -0.15) is 0 Å². The fourth-order valence-corrected chi connectivity index (χ4v) is 3.64. The number of rotatable bonds is 5. The summed E-state index contributed by atoms with van der Waals surface area (Å²) in [6, 6.07) is 5.57. The predicted molar refractivity (Wildman–Crippen MR) is 104 cm³/mol. The molecule has 0 aliphatic carbocycles. The van der Waals surface area contributed by atoms with E-state index in [0.29, 0.717) is 18.1 Å². The van der Waals surface area contributed by atoms with Gasteiger partial charge in [0.2, 0.25) is 0 Å². The van der Waals surface area contributed by atoms with Crippen molar-refractivity contribution in [2.45, 2.75) is 31.6 Å². The Morgan fingerprint density at radius 2 is 2.07 bits per heavy atom. The molecule has 0 spiro atoms. The molecule has 3 aromatic heterocycles. The highest BCUT2D eigenvalue weighted by Crippen LogP contribution is 2.19. The van der Waals surface area contributed by atoms with E-state index in [2.05, 4.69) is 36.7 Å². The lowest BCUT2D eigenvalue weighted by atomic mass is 10.1. The first kappa shape index (κ1) is 17.8. The molecule has 0 saturated carbocycles. The average Bonchev–Trinajstić information content (AvgIpc) is 2.71. The van der Waals surface area contributed by atoms with Crippen molar-refractivity contribution in [3.05, 3.63) is 64.0 Å². The van der Waals surface area contributed by atoms with Gasteiger partial charge in [0.15, 0.2) is 11.0 Å². The highest BCUT2D eigenvalue weighted by atomic mass is 32.2. The third-order valence-corrected chi connectivity index (χ3v) is 5.17. The van der Waals surface area contributed by atoms with Gasteiger partial charge < -0.3 is 4.98 Å². The fraction of sp³-hybridized carbons (Fsp3) is 0.316. The van der Waals surface area contributed by atoms with Crippen LogP contribution >= 0.6 is 11.8 Å². The van der Waals surface area contributed by atoms with E-state index in [9.17, 15) is 4.79 Å². The molecule has 0 amide bonds. The smallest absolute Gasteiger partial charge is 0.255 e. The van der Waals surface area contributed by atoms with Crippen molar-refractivity contribution in [2.24, 2.45) is 0 Å². The van der Waals surface area contributed by atoms with Gasteiger partial charge in [-0.25, -0.2) is 15.0 Å². The van der Waals surface area contributed by atoms with E-state index in [0.717, 1.165) is 47.2 Å². The second kappa shape index (κ2) is 7.98. The first-order valence-corrected chi connectivity index (χ1v) is 9.91. The monoisotopic (exact) mass is 380 g/mol. The number of H-pyrrole nitrogens is 1. The van der Waals surface area contributed by atoms with Gasteiger partial charge in [0.1, 0.15) is 5.69 Å². The molecule has 0 saturated heterocycles. The van der Waals surface area contributed by atoms with E-state index in [1.54, 1.807) is 18.0 Å². The van der Waals surface area contributed by atoms with Gasteiger partial charge >= 0.3 is 0 Å². The molecule has 7 nitrogen and oxygen atoms in total. The van der Waals surface area contributed by atoms with E-state index in [1.165, 1.54) is 0 Å². The third kappa shape index (κ3) is 4.06. The maximum Gasteiger partial charge on any atom is 0.255 e. The molecule has 0 unspecified atom stereocenters. The molecular formula is C19H20N6OS. The van der Waals surface area contributed by atoms with Crippen LogP contribution in [0.25, 0.3) is 11.5 Å². The van der Waals surface area contributed by atoms with Crippen molar-refractivity contribution in [2.75, 3.05) is 12.3 Å². The molecule has 4 heterocycles. The quantitative estimate of drug-likeness (QED) is 0.537. The summed E-state index contributed by atoms with van der Waals surface area (Å²) in [7, 11) is 0. The number of fused-ring (bicyclic) bond motifs is 1. The number of hydrogen-bond acceptors (Lipinski definition) is 7. The zero-order chi connectivity index (χ0) is 18.6. The Balaban J connectivity index is 1.51. The Labute approximate surface area is 161 Å². The highest BCUT2D eigenvalue weighted by molar-refractivity contribution is 7.99. The summed E-state index contributed by atoms with van der Waals surface area (Å²) in [6.07, 6.45) is 6.17. The normalized spacial score (nSPS) is 14.1. The Kier molecular flexibility index (Phi) is 5.26. The Hall–Kier alpha value is -2.58. The molecule has 0 aromatic carbocycles. The molecule has 0 radical (unpaired) electrons. The Bertz CT molecular complexity index is 974. The number of hydrogen-bond donors (Lipinski definition) is 1. The van der Waals surface area contributed by atoms with Crippen LogP contribution in [0.1, 0.15) is 23.7 Å². The summed E-state index contributed by atoms with van der Waals surface area (Å²) in [5.74, 6) is 1.49. The number of nitrogens with zero attached hydrogens (tertiary/aromatic N) is 5. The van der Waals surface area contributed by atoms with Gasteiger partial charge in [0.25, 0.3) is 5.56 Å². The van der Waals surface area contributed by atoms with Crippen molar-refractivity contribution in [1.82, 2.24) is 29.8 Å². The zero-order valence-electron chi connectivity index (χ0n) is 15.1. The van der Waals surface area contributed by atoms with Crippen LogP contribution in [0.4, 0.5) is 0 Å². The van der Waals surface area contributed by atoms with Crippen LogP contribution in [-0.2, 0) is 19.5 Å². The second-order valence-electron chi connectivity index (χ2n) is 6.32. The number of aromatic amines is 1. The summed E-state index contributed by atoms with van der Waals surface area (Å²) in [5.41, 5.74) is 3.24. The van der Waals surface area contributed by atoms with Crippen LogP contribution < -0.4 is 5.56 Å². The summed E-state index contributed by atoms with van der Waals surface area (Å²) in [5, 5.41) is 0.799. The molecule has 0 atom stereocenters. The van der Waals surface area contributed by atoms with Gasteiger partial charge in [0, 0.05) is 50.2 Å². The molecule has 138 valence electrons. The summed E-state index contributed by atoms with van der Waals surface area (Å²) >= 11 is 1.63. The second-order valence-corrected chi connectivity index (χ2v) is 7.55. The number of thioether (sulfide) groups is 1. The number of nitrogens with one attached hydrogen (secondary N) is 1. The van der Waals surface area contributed by atoms with Crippen LogP contribution in [0, 0.1) is 0 Å². The maximum atomic E-state index is 12.6. The minimum atomic E-state index is -0.0868. The largest absolute Gasteiger partial charge is 0.305 e. The predicted octanol–water partition coefficient (Wildman–Crippen LogP) is 2.29. The average molecular weight is 380 g/mol. The molecule has 3 aromatic rings. The maximum absolute atomic E-state index is 12.6. The summed E-state index contributed by atoms with van der Waals surface area (Å²) in [4.78, 5) is 35.4. The lowest BCUT2D eigenvalue weighted by molar-refractivity contribution is 0.241. The molecule has 0 bridgehead atoms. The summed E-state index contributed by atoms with van der Waals surface area (Å²) in [6.45, 7) is 4.22. The molecule has 8 heteroatoms. The van der Waals surface area contributed by atoms with Crippen LogP contribution in [0.5, 0.6) is 0 Å². The van der Waals surface area contributed by atoms with E-state index < -0.39 is 0 Å². The zero-order valence-corrected chi connectivity index (χ0v) is 15.9. The van der Waals surface area contributed by atoms with Crippen molar-refractivity contribution in [3.8, 4) is 11.5 Å². The van der Waals surface area contributed by atoms with Crippen molar-refractivity contribution in [3.63, 3.8) is 0 Å². The van der Waals surface area contributed by atoms with Gasteiger partial charge in [-0.05, 0) is 17.9 Å². The van der Waals surface area contributed by atoms with Crippen LogP contribution in [-0.4, -0.2) is 42.1 Å². The third-order valence-electron chi connectivity index (χ3n) is 4.42. The van der Waals surface area contributed by atoms with Gasteiger partial charge in [-0.3, -0.25) is 14.7 Å². The first-order valence-electron chi connectivity index (χ1n) is 8.92. The number of pyridine rings is 1. The van der Waals surface area contributed by atoms with Crippen LogP contribution in [0.3, 0.4) is 0 Å². The van der Waals surface area contributed by atoms with Crippen molar-refractivity contribution in [1.29, 1.82) is 0 Å². The lowest BCUT2D eigenvalue weighted by Crippen LogP contribution is -2.35. The minimum absolute atomic E-state index is 0.0868. The topological polar surface area (TPSA) is 87.7 Å². The van der Waals surface area contributed by atoms with Gasteiger partial charge in [-0.1, -0.05) is 24.8 Å². The summed E-state index contributed by atoms with van der Waals surface area (Å²) < 4.78 is 0. The molecule has 1 aliphatic heterocycles. The van der Waals surface area contributed by atoms with Gasteiger partial charge in [-0.15, -0.1) is 0 Å². The molecule has 27 heavy (non-hydrogen) atoms. The van der Waals surface area contributed by atoms with Crippen molar-refractivity contribution < 1.29 is 0 Å². The van der Waals surface area contributed by atoms with E-state index in [-0.39, 0.29) is 5.56 Å². The standard InChI is InChI=1S/C19H20N6OS/c1-2-27-19-21-9-13(10-22-19)11-25-8-6-15-14(12-25)18(26)24-17(23-15)16-5-3-4-7-20-16/h3-5,7,9-10H,2,6,8,11-12H2,1H3,(H,23,24,26). The molecule has 0 fully saturated rings. The number of aromatic nitrogens is 5. The SMILES string of the molecule is CCSc1ncc(CN2CCc3nc(-c4ccccn4)[nH]c(=O)c3C2)cn1. The first-order chi connectivity index (χ1) is 13.2. The van der Waals surface area contributed by atoms with E-state index >= 15 is 0 Å².